The summed E-state index contributed by atoms with van der Waals surface area (Å²) in [6.45, 7) is 13.3. The first-order valence-corrected chi connectivity index (χ1v) is 9.84. The first kappa shape index (κ1) is 18.9. The van der Waals surface area contributed by atoms with Crippen LogP contribution >= 0.6 is 0 Å². The number of hydrogen-bond acceptors (Lipinski definition) is 7. The van der Waals surface area contributed by atoms with Gasteiger partial charge in [0.15, 0.2) is 17.9 Å². The Morgan fingerprint density at radius 3 is 2.64 bits per heavy atom. The fraction of sp³-hybridized carbons (Fsp3) is 0.600. The van der Waals surface area contributed by atoms with E-state index in [1.807, 2.05) is 16.6 Å². The molecule has 150 valence electrons. The van der Waals surface area contributed by atoms with Crippen molar-refractivity contribution in [2.45, 2.75) is 58.5 Å². The molecule has 1 aliphatic rings. The van der Waals surface area contributed by atoms with Gasteiger partial charge in [0, 0.05) is 37.0 Å². The van der Waals surface area contributed by atoms with Crippen molar-refractivity contribution in [1.29, 1.82) is 0 Å². The smallest absolute Gasteiger partial charge is 0.181 e. The zero-order valence-corrected chi connectivity index (χ0v) is 17.5. The van der Waals surface area contributed by atoms with E-state index in [9.17, 15) is 0 Å². The van der Waals surface area contributed by atoms with Gasteiger partial charge in [0.25, 0.3) is 0 Å². The normalized spacial score (nSPS) is 15.8. The molecule has 4 rings (SSSR count). The second-order valence-corrected chi connectivity index (χ2v) is 9.03. The molecule has 1 saturated heterocycles. The summed E-state index contributed by atoms with van der Waals surface area (Å²) in [5, 5.41) is 13.4. The van der Waals surface area contributed by atoms with Gasteiger partial charge in [-0.2, -0.15) is 4.52 Å². The van der Waals surface area contributed by atoms with Gasteiger partial charge in [-0.05, 0) is 19.2 Å². The molecule has 0 aromatic carbocycles. The van der Waals surface area contributed by atoms with Crippen LogP contribution < -0.4 is 4.90 Å². The molecule has 0 bridgehead atoms. The Morgan fingerprint density at radius 2 is 1.96 bits per heavy atom. The fourth-order valence-electron chi connectivity index (χ4n) is 3.57. The third-order valence-corrected chi connectivity index (χ3v) is 5.33. The van der Waals surface area contributed by atoms with E-state index in [0.717, 1.165) is 48.4 Å². The van der Waals surface area contributed by atoms with Crippen molar-refractivity contribution in [3.8, 4) is 0 Å². The number of anilines is 1. The first-order valence-electron chi connectivity index (χ1n) is 9.84. The molecule has 0 unspecified atom stereocenters. The lowest BCUT2D eigenvalue weighted by Crippen LogP contribution is -2.58. The Morgan fingerprint density at radius 1 is 1.21 bits per heavy atom. The lowest BCUT2D eigenvalue weighted by Gasteiger charge is -2.44. The molecule has 0 aliphatic carbocycles. The number of rotatable bonds is 5. The maximum absolute atomic E-state index is 5.55. The highest BCUT2D eigenvalue weighted by Gasteiger charge is 2.32. The van der Waals surface area contributed by atoms with Gasteiger partial charge >= 0.3 is 0 Å². The third-order valence-electron chi connectivity index (χ3n) is 5.33. The Labute approximate surface area is 165 Å². The van der Waals surface area contributed by atoms with E-state index >= 15 is 0 Å². The Kier molecular flexibility index (Phi) is 4.61. The molecule has 3 aromatic heterocycles. The molecule has 0 saturated carbocycles. The minimum atomic E-state index is -0.103. The highest BCUT2D eigenvalue weighted by Crippen LogP contribution is 2.26. The summed E-state index contributed by atoms with van der Waals surface area (Å²) in [7, 11) is 2.15. The average molecular weight is 384 g/mol. The highest BCUT2D eigenvalue weighted by atomic mass is 16.3. The molecule has 4 heterocycles. The number of oxazole rings is 1. The highest BCUT2D eigenvalue weighted by molar-refractivity contribution is 5.48. The molecule has 0 spiro atoms. The number of aromatic nitrogens is 5. The Bertz CT molecular complexity index is 962. The average Bonchev–Trinajstić information content (AvgIpc) is 3.19. The zero-order valence-electron chi connectivity index (χ0n) is 17.5. The molecule has 28 heavy (non-hydrogen) atoms. The van der Waals surface area contributed by atoms with E-state index in [0.29, 0.717) is 12.0 Å². The van der Waals surface area contributed by atoms with Gasteiger partial charge in [-0.3, -0.25) is 4.90 Å². The topological polar surface area (TPSA) is 75.6 Å². The number of nitrogens with zero attached hydrogens (tertiary/aromatic N) is 7. The van der Waals surface area contributed by atoms with E-state index in [1.54, 1.807) is 6.39 Å². The summed E-state index contributed by atoms with van der Waals surface area (Å²) in [5.74, 6) is 3.18. The SMILES string of the molecule is CC(C)c1ocnc1CN(C)C1CN(c2ccc3nnc(C(C)(C)C)n3n2)C1. The molecule has 1 fully saturated rings. The van der Waals surface area contributed by atoms with Crippen molar-refractivity contribution in [2.75, 3.05) is 25.0 Å². The molecule has 8 nitrogen and oxygen atoms in total. The maximum atomic E-state index is 5.55. The van der Waals surface area contributed by atoms with Gasteiger partial charge in [0.2, 0.25) is 0 Å². The van der Waals surface area contributed by atoms with Crippen molar-refractivity contribution in [3.05, 3.63) is 35.8 Å². The summed E-state index contributed by atoms with van der Waals surface area (Å²) >= 11 is 0. The minimum absolute atomic E-state index is 0.103. The number of fused-ring (bicyclic) bond motifs is 1. The Balaban J connectivity index is 1.44. The van der Waals surface area contributed by atoms with Crippen molar-refractivity contribution < 1.29 is 4.42 Å². The van der Waals surface area contributed by atoms with Crippen LogP contribution in [0.15, 0.2) is 22.9 Å². The minimum Gasteiger partial charge on any atom is -0.448 e. The van der Waals surface area contributed by atoms with Crippen molar-refractivity contribution >= 4 is 11.5 Å². The van der Waals surface area contributed by atoms with Crippen LogP contribution in [-0.2, 0) is 12.0 Å². The first-order chi connectivity index (χ1) is 13.2. The van der Waals surface area contributed by atoms with Crippen LogP contribution in [-0.4, -0.2) is 55.9 Å². The third kappa shape index (κ3) is 3.37. The quantitative estimate of drug-likeness (QED) is 0.670. The lowest BCUT2D eigenvalue weighted by atomic mass is 9.96. The van der Waals surface area contributed by atoms with Crippen LogP contribution in [0.1, 0.15) is 57.8 Å². The van der Waals surface area contributed by atoms with Crippen LogP contribution in [0.25, 0.3) is 5.65 Å². The van der Waals surface area contributed by atoms with Crippen LogP contribution in [0, 0.1) is 0 Å². The molecule has 3 aromatic rings. The lowest BCUT2D eigenvalue weighted by molar-refractivity contribution is 0.193. The zero-order chi connectivity index (χ0) is 20.1. The second-order valence-electron chi connectivity index (χ2n) is 9.03. The van der Waals surface area contributed by atoms with Crippen LogP contribution in [0.4, 0.5) is 5.82 Å². The van der Waals surface area contributed by atoms with E-state index in [4.69, 9.17) is 9.52 Å². The van der Waals surface area contributed by atoms with Crippen molar-refractivity contribution in [2.24, 2.45) is 0 Å². The predicted molar refractivity (Wildman–Crippen MR) is 108 cm³/mol. The van der Waals surface area contributed by atoms with Gasteiger partial charge in [-0.1, -0.05) is 34.6 Å². The number of likely N-dealkylation sites (N-methyl/N-ethyl adjacent to an activating group) is 1. The van der Waals surface area contributed by atoms with Gasteiger partial charge in [0.1, 0.15) is 11.6 Å². The van der Waals surface area contributed by atoms with Gasteiger partial charge in [-0.25, -0.2) is 4.98 Å². The predicted octanol–water partition coefficient (Wildman–Crippen LogP) is 2.85. The fourth-order valence-corrected chi connectivity index (χ4v) is 3.57. The maximum Gasteiger partial charge on any atom is 0.181 e. The largest absolute Gasteiger partial charge is 0.448 e. The van der Waals surface area contributed by atoms with E-state index < -0.39 is 0 Å². The molecule has 1 aliphatic heterocycles. The summed E-state index contributed by atoms with van der Waals surface area (Å²) in [6, 6.07) is 4.49. The number of hydrogen-bond donors (Lipinski definition) is 0. The summed E-state index contributed by atoms with van der Waals surface area (Å²) in [5.41, 5.74) is 1.72. The van der Waals surface area contributed by atoms with E-state index in [1.165, 1.54) is 0 Å². The molecule has 8 heteroatoms. The monoisotopic (exact) mass is 383 g/mol. The summed E-state index contributed by atoms with van der Waals surface area (Å²) in [4.78, 5) is 9.04. The van der Waals surface area contributed by atoms with Crippen LogP contribution in [0.5, 0.6) is 0 Å². The van der Waals surface area contributed by atoms with Crippen molar-refractivity contribution in [3.63, 3.8) is 0 Å². The van der Waals surface area contributed by atoms with Crippen LogP contribution in [0.3, 0.4) is 0 Å². The molecule has 0 amide bonds. The molecule has 0 N–H and O–H groups in total. The van der Waals surface area contributed by atoms with E-state index in [-0.39, 0.29) is 5.41 Å². The summed E-state index contributed by atoms with van der Waals surface area (Å²) in [6.07, 6.45) is 1.55. The molecule has 0 atom stereocenters. The molecular formula is C20H29N7O. The van der Waals surface area contributed by atoms with Gasteiger partial charge in [0.05, 0.1) is 5.69 Å². The Hall–Kier alpha value is -2.48. The van der Waals surface area contributed by atoms with Gasteiger partial charge < -0.3 is 9.32 Å². The van der Waals surface area contributed by atoms with Crippen molar-refractivity contribution in [1.82, 2.24) is 29.7 Å². The second kappa shape index (κ2) is 6.84. The van der Waals surface area contributed by atoms with Gasteiger partial charge in [-0.15, -0.1) is 15.3 Å². The summed E-state index contributed by atoms with van der Waals surface area (Å²) < 4.78 is 7.42. The standard InChI is InChI=1S/C20H29N7O/c1-13(2)18-15(21-12-28-18)11-25(6)14-9-26(10-14)17-8-7-16-22-23-19(20(3,4)5)27(16)24-17/h7-8,12-14H,9-11H2,1-6H3. The van der Waals surface area contributed by atoms with Crippen LogP contribution in [0.2, 0.25) is 0 Å². The molecular weight excluding hydrogens is 354 g/mol. The molecule has 0 radical (unpaired) electrons. The van der Waals surface area contributed by atoms with E-state index in [2.05, 4.69) is 66.6 Å².